The normalized spacial score (nSPS) is 9.84. The zero-order valence-corrected chi connectivity index (χ0v) is 12.2. The lowest BCUT2D eigenvalue weighted by Crippen LogP contribution is -2.31. The molecule has 104 valence electrons. The van der Waals surface area contributed by atoms with E-state index in [9.17, 15) is 4.79 Å². The number of esters is 1. The third-order valence-corrected chi connectivity index (χ3v) is 2.53. The van der Waals surface area contributed by atoms with Gasteiger partial charge in [0.2, 0.25) is 0 Å². The minimum Gasteiger partial charge on any atom is -0.464 e. The summed E-state index contributed by atoms with van der Waals surface area (Å²) in [6.45, 7) is 3.73. The van der Waals surface area contributed by atoms with E-state index in [4.69, 9.17) is 33.4 Å². The Hall–Kier alpha value is -1.37. The Bertz CT molecular complexity index is 468. The summed E-state index contributed by atoms with van der Waals surface area (Å²) in [4.78, 5) is 15.9. The third kappa shape index (κ3) is 5.87. The van der Waals surface area contributed by atoms with Gasteiger partial charge in [-0.1, -0.05) is 17.7 Å². The molecule has 0 atom stereocenters. The van der Waals surface area contributed by atoms with Gasteiger partial charge in [-0.3, -0.25) is 4.84 Å². The Morgan fingerprint density at radius 3 is 2.89 bits per heavy atom. The molecule has 1 rings (SSSR count). The summed E-state index contributed by atoms with van der Waals surface area (Å²) in [6.07, 6.45) is 0. The van der Waals surface area contributed by atoms with Crippen LogP contribution in [0.25, 0.3) is 0 Å². The molecule has 0 aromatic heterocycles. The Balaban J connectivity index is 2.39. The van der Waals surface area contributed by atoms with E-state index in [2.05, 4.69) is 10.8 Å². The highest BCUT2D eigenvalue weighted by atomic mass is 35.5. The van der Waals surface area contributed by atoms with Gasteiger partial charge in [-0.2, -0.15) is 0 Å². The van der Waals surface area contributed by atoms with E-state index < -0.39 is 5.97 Å². The molecule has 0 aliphatic heterocycles. The van der Waals surface area contributed by atoms with Crippen LogP contribution in [-0.2, 0) is 14.4 Å². The van der Waals surface area contributed by atoms with Crippen LogP contribution in [0.4, 0.5) is 5.69 Å². The van der Waals surface area contributed by atoms with Crippen LogP contribution in [0.1, 0.15) is 12.5 Å². The molecule has 1 aromatic carbocycles. The lowest BCUT2D eigenvalue weighted by molar-refractivity contribution is -0.149. The molecule has 0 bridgehead atoms. The Morgan fingerprint density at radius 2 is 2.21 bits per heavy atom. The number of anilines is 1. The molecular weight excluding hydrogens is 288 g/mol. The number of rotatable bonds is 5. The molecule has 0 saturated carbocycles. The van der Waals surface area contributed by atoms with E-state index in [1.807, 2.05) is 13.0 Å². The second-order valence-corrected chi connectivity index (χ2v) is 4.45. The van der Waals surface area contributed by atoms with Crippen molar-refractivity contribution in [3.8, 4) is 0 Å². The van der Waals surface area contributed by atoms with Gasteiger partial charge in [-0.15, -0.1) is 0 Å². The molecule has 0 saturated heterocycles. The van der Waals surface area contributed by atoms with Gasteiger partial charge in [0.05, 0.1) is 6.61 Å². The minimum absolute atomic E-state index is 0.218. The predicted octanol–water partition coefficient (Wildman–Crippen LogP) is 2.43. The van der Waals surface area contributed by atoms with Gasteiger partial charge in [-0.05, 0) is 43.8 Å². The lowest BCUT2D eigenvalue weighted by atomic mass is 10.2. The van der Waals surface area contributed by atoms with Gasteiger partial charge < -0.3 is 10.1 Å². The minimum atomic E-state index is -0.461. The quantitative estimate of drug-likeness (QED) is 0.495. The number of aryl methyl sites for hydroxylation is 1. The molecule has 0 spiro atoms. The first-order valence-electron chi connectivity index (χ1n) is 5.63. The number of benzene rings is 1. The van der Waals surface area contributed by atoms with Gasteiger partial charge >= 0.3 is 5.97 Å². The van der Waals surface area contributed by atoms with Crippen molar-refractivity contribution >= 4 is 40.6 Å². The van der Waals surface area contributed by atoms with E-state index in [-0.39, 0.29) is 11.7 Å². The predicted molar refractivity (Wildman–Crippen MR) is 78.1 cm³/mol. The molecule has 7 heteroatoms. The first-order valence-corrected chi connectivity index (χ1v) is 6.42. The maximum Gasteiger partial charge on any atom is 0.334 e. The third-order valence-electron chi connectivity index (χ3n) is 2.11. The number of carbonyl (C=O) groups excluding carboxylic acids is 1. The van der Waals surface area contributed by atoms with Crippen molar-refractivity contribution in [2.75, 3.05) is 18.5 Å². The second-order valence-electron chi connectivity index (χ2n) is 3.61. The molecule has 0 unspecified atom stereocenters. The number of carbonyl (C=O) groups is 1. The zero-order chi connectivity index (χ0) is 14.3. The highest BCUT2D eigenvalue weighted by molar-refractivity contribution is 7.80. The van der Waals surface area contributed by atoms with E-state index >= 15 is 0 Å². The van der Waals surface area contributed by atoms with Crippen molar-refractivity contribution in [1.29, 1.82) is 0 Å². The van der Waals surface area contributed by atoms with Crippen LogP contribution in [0.5, 0.6) is 0 Å². The maximum atomic E-state index is 11.0. The molecule has 0 radical (unpaired) electrons. The van der Waals surface area contributed by atoms with Crippen LogP contribution in [0.3, 0.4) is 0 Å². The average Bonchev–Trinajstić information content (AvgIpc) is 2.34. The van der Waals surface area contributed by atoms with Crippen LogP contribution in [-0.4, -0.2) is 24.3 Å². The first kappa shape index (κ1) is 15.7. The van der Waals surface area contributed by atoms with Gasteiger partial charge in [0, 0.05) is 10.7 Å². The molecular formula is C12H15ClN2O3S. The Kier molecular flexibility index (Phi) is 6.55. The Morgan fingerprint density at radius 1 is 1.47 bits per heavy atom. The second kappa shape index (κ2) is 7.93. The van der Waals surface area contributed by atoms with E-state index in [0.717, 1.165) is 11.3 Å². The first-order chi connectivity index (χ1) is 9.02. The Labute approximate surface area is 122 Å². The molecule has 1 aromatic rings. The SMILES string of the molecule is CCOC(=O)CONC(=S)Nc1cc(Cl)ccc1C. The molecule has 0 amide bonds. The fourth-order valence-corrected chi connectivity index (χ4v) is 1.58. The van der Waals surface area contributed by atoms with Crippen molar-refractivity contribution in [2.45, 2.75) is 13.8 Å². The summed E-state index contributed by atoms with van der Waals surface area (Å²) < 4.78 is 4.69. The van der Waals surface area contributed by atoms with E-state index in [1.54, 1.807) is 19.1 Å². The summed E-state index contributed by atoms with van der Waals surface area (Å²) in [7, 11) is 0. The topological polar surface area (TPSA) is 59.6 Å². The number of hydrogen-bond acceptors (Lipinski definition) is 4. The highest BCUT2D eigenvalue weighted by Gasteiger charge is 2.04. The summed E-state index contributed by atoms with van der Waals surface area (Å²) in [5, 5.41) is 3.75. The average molecular weight is 303 g/mol. The van der Waals surface area contributed by atoms with Crippen LogP contribution >= 0.6 is 23.8 Å². The molecule has 19 heavy (non-hydrogen) atoms. The number of nitrogens with one attached hydrogen (secondary N) is 2. The number of halogens is 1. The number of ether oxygens (including phenoxy) is 1. The smallest absolute Gasteiger partial charge is 0.334 e. The van der Waals surface area contributed by atoms with Crippen LogP contribution in [0, 0.1) is 6.92 Å². The summed E-state index contributed by atoms with van der Waals surface area (Å²) >= 11 is 10.9. The van der Waals surface area contributed by atoms with Crippen LogP contribution in [0.15, 0.2) is 18.2 Å². The lowest BCUT2D eigenvalue weighted by Gasteiger charge is -2.12. The fraction of sp³-hybridized carbons (Fsp3) is 0.333. The van der Waals surface area contributed by atoms with Crippen LogP contribution < -0.4 is 10.8 Å². The van der Waals surface area contributed by atoms with E-state index in [0.29, 0.717) is 11.6 Å². The molecule has 5 nitrogen and oxygen atoms in total. The van der Waals surface area contributed by atoms with Crippen molar-refractivity contribution in [1.82, 2.24) is 5.48 Å². The largest absolute Gasteiger partial charge is 0.464 e. The maximum absolute atomic E-state index is 11.0. The van der Waals surface area contributed by atoms with Gasteiger partial charge in [-0.25, -0.2) is 10.3 Å². The summed E-state index contributed by atoms with van der Waals surface area (Å²) in [5.74, 6) is -0.461. The monoisotopic (exact) mass is 302 g/mol. The molecule has 2 N–H and O–H groups in total. The van der Waals surface area contributed by atoms with Crippen molar-refractivity contribution in [2.24, 2.45) is 0 Å². The van der Waals surface area contributed by atoms with Gasteiger partial charge in [0.25, 0.3) is 0 Å². The summed E-state index contributed by atoms with van der Waals surface area (Å²) in [6, 6.07) is 5.40. The number of thiocarbonyl (C=S) groups is 1. The van der Waals surface area contributed by atoms with E-state index in [1.165, 1.54) is 0 Å². The van der Waals surface area contributed by atoms with Gasteiger partial charge in [0.15, 0.2) is 11.7 Å². The van der Waals surface area contributed by atoms with Crippen molar-refractivity contribution in [3.63, 3.8) is 0 Å². The standard InChI is InChI=1S/C12H15ClN2O3S/c1-3-17-11(16)7-18-15-12(19)14-10-6-9(13)5-4-8(10)2/h4-6H,3,7H2,1-2H3,(H2,14,15,19). The van der Waals surface area contributed by atoms with Crippen molar-refractivity contribution < 1.29 is 14.4 Å². The fourth-order valence-electron chi connectivity index (χ4n) is 1.24. The summed E-state index contributed by atoms with van der Waals surface area (Å²) in [5.41, 5.74) is 4.20. The molecule has 0 fully saturated rings. The van der Waals surface area contributed by atoms with Gasteiger partial charge in [0.1, 0.15) is 0 Å². The number of hydrogen-bond donors (Lipinski definition) is 2. The molecule has 0 aliphatic carbocycles. The number of hydroxylamine groups is 1. The highest BCUT2D eigenvalue weighted by Crippen LogP contribution is 2.19. The zero-order valence-electron chi connectivity index (χ0n) is 10.7. The molecule has 0 heterocycles. The van der Waals surface area contributed by atoms with Crippen molar-refractivity contribution in [3.05, 3.63) is 28.8 Å². The van der Waals surface area contributed by atoms with Crippen LogP contribution in [0.2, 0.25) is 5.02 Å². The molecule has 0 aliphatic rings.